The monoisotopic (exact) mass is 314 g/mol. The highest BCUT2D eigenvalue weighted by molar-refractivity contribution is 5.40. The smallest absolute Gasteiger partial charge is 0.119 e. The number of rotatable bonds is 2. The number of hydrogen-bond donors (Lipinski definition) is 1. The summed E-state index contributed by atoms with van der Waals surface area (Å²) in [6.07, 6.45) is 7.47. The summed E-state index contributed by atoms with van der Waals surface area (Å²) in [4.78, 5) is 0. The fourth-order valence-electron chi connectivity index (χ4n) is 6.52. The molecular weight excluding hydrogens is 284 g/mol. The molecule has 0 aliphatic heterocycles. The van der Waals surface area contributed by atoms with Crippen molar-refractivity contribution >= 4 is 0 Å². The minimum atomic E-state index is -0.151. The van der Waals surface area contributed by atoms with Crippen molar-refractivity contribution in [2.45, 2.75) is 64.4 Å². The molecule has 0 unspecified atom stereocenters. The van der Waals surface area contributed by atoms with E-state index in [0.29, 0.717) is 11.3 Å². The minimum absolute atomic E-state index is 0.151. The van der Waals surface area contributed by atoms with Crippen LogP contribution in [0.3, 0.4) is 0 Å². The van der Waals surface area contributed by atoms with E-state index in [9.17, 15) is 5.11 Å². The van der Waals surface area contributed by atoms with Gasteiger partial charge in [-0.15, -0.1) is 0 Å². The van der Waals surface area contributed by atoms with Gasteiger partial charge in [0.15, 0.2) is 0 Å². The lowest BCUT2D eigenvalue weighted by atomic mass is 9.54. The predicted molar refractivity (Wildman–Crippen MR) is 92.8 cm³/mol. The number of aryl methyl sites for hydroxylation is 1. The molecule has 2 fully saturated rings. The molecule has 0 saturated heterocycles. The maximum absolute atomic E-state index is 10.3. The fraction of sp³-hybridized carbons (Fsp3) is 0.714. The van der Waals surface area contributed by atoms with Crippen LogP contribution in [0.25, 0.3) is 0 Å². The van der Waals surface area contributed by atoms with Crippen LogP contribution in [0, 0.1) is 23.2 Å². The number of benzene rings is 1. The van der Waals surface area contributed by atoms with Crippen LogP contribution < -0.4 is 4.74 Å². The lowest BCUT2D eigenvalue weighted by Gasteiger charge is -2.51. The van der Waals surface area contributed by atoms with E-state index in [0.717, 1.165) is 23.5 Å². The molecule has 1 aromatic carbocycles. The summed E-state index contributed by atoms with van der Waals surface area (Å²) >= 11 is 0. The molecule has 0 radical (unpaired) electrons. The van der Waals surface area contributed by atoms with Crippen molar-refractivity contribution in [3.05, 3.63) is 29.3 Å². The second kappa shape index (κ2) is 5.51. The number of ether oxygens (including phenoxy) is 1. The van der Waals surface area contributed by atoms with Crippen LogP contribution in [0.1, 0.15) is 63.0 Å². The molecule has 0 aromatic heterocycles. The van der Waals surface area contributed by atoms with Gasteiger partial charge in [0.1, 0.15) is 5.75 Å². The molecule has 3 aliphatic rings. The first-order valence-corrected chi connectivity index (χ1v) is 9.39. The highest BCUT2D eigenvalue weighted by atomic mass is 16.5. The Kier molecular flexibility index (Phi) is 3.72. The Labute approximate surface area is 140 Å². The molecule has 0 heterocycles. The normalized spacial score (nSPS) is 40.0. The van der Waals surface area contributed by atoms with Crippen LogP contribution in [0.15, 0.2) is 18.2 Å². The fourth-order valence-corrected chi connectivity index (χ4v) is 6.52. The average molecular weight is 314 g/mol. The maximum Gasteiger partial charge on any atom is 0.119 e. The van der Waals surface area contributed by atoms with Crippen molar-refractivity contribution < 1.29 is 9.84 Å². The SMILES string of the molecule is COc1ccc2c(c1)CC[C@@H]1[C@@H]2CC[C@@]2(C)[C@@H]1CC[C@H]2[C@@H](C)O. The third-order valence-electron chi connectivity index (χ3n) is 7.59. The first-order chi connectivity index (χ1) is 11.0. The van der Waals surface area contributed by atoms with Gasteiger partial charge in [-0.25, -0.2) is 0 Å². The molecule has 2 heteroatoms. The summed E-state index contributed by atoms with van der Waals surface area (Å²) in [7, 11) is 1.76. The van der Waals surface area contributed by atoms with E-state index in [-0.39, 0.29) is 6.10 Å². The Balaban J connectivity index is 1.65. The predicted octanol–water partition coefficient (Wildman–Crippen LogP) is 4.55. The number of aliphatic hydroxyl groups is 1. The van der Waals surface area contributed by atoms with Crippen molar-refractivity contribution in [2.24, 2.45) is 23.2 Å². The van der Waals surface area contributed by atoms with E-state index in [1.165, 1.54) is 44.1 Å². The van der Waals surface area contributed by atoms with Crippen molar-refractivity contribution in [2.75, 3.05) is 7.11 Å². The van der Waals surface area contributed by atoms with E-state index in [1.54, 1.807) is 12.7 Å². The van der Waals surface area contributed by atoms with Crippen molar-refractivity contribution in [3.63, 3.8) is 0 Å². The Morgan fingerprint density at radius 3 is 2.78 bits per heavy atom. The summed E-state index contributed by atoms with van der Waals surface area (Å²) in [5.41, 5.74) is 3.46. The quantitative estimate of drug-likeness (QED) is 0.868. The number of fused-ring (bicyclic) bond motifs is 5. The summed E-state index contributed by atoms with van der Waals surface area (Å²) in [6, 6.07) is 6.73. The molecule has 1 aromatic rings. The zero-order valence-electron chi connectivity index (χ0n) is 14.7. The van der Waals surface area contributed by atoms with Crippen LogP contribution >= 0.6 is 0 Å². The lowest BCUT2D eigenvalue weighted by molar-refractivity contribution is -0.0180. The maximum atomic E-state index is 10.3. The van der Waals surface area contributed by atoms with Crippen molar-refractivity contribution in [1.82, 2.24) is 0 Å². The largest absolute Gasteiger partial charge is 0.497 e. The van der Waals surface area contributed by atoms with Gasteiger partial charge >= 0.3 is 0 Å². The van der Waals surface area contributed by atoms with Gasteiger partial charge in [-0.05, 0) is 97.8 Å². The summed E-state index contributed by atoms with van der Waals surface area (Å²) < 4.78 is 5.41. The zero-order valence-corrected chi connectivity index (χ0v) is 14.7. The summed E-state index contributed by atoms with van der Waals surface area (Å²) in [6.45, 7) is 4.48. The summed E-state index contributed by atoms with van der Waals surface area (Å²) in [5.74, 6) is 3.86. The molecule has 2 nitrogen and oxygen atoms in total. The van der Waals surface area contributed by atoms with Crippen LogP contribution in [-0.2, 0) is 6.42 Å². The lowest BCUT2D eigenvalue weighted by Crippen LogP contribution is -2.44. The number of aliphatic hydroxyl groups excluding tert-OH is 1. The molecule has 3 aliphatic carbocycles. The molecule has 6 atom stereocenters. The standard InChI is InChI=1S/C21H30O2/c1-13(22)19-8-9-20-18-6-4-14-12-15(23-3)5-7-16(14)17(18)10-11-21(19,20)2/h5,7,12-13,17-20,22H,4,6,8-11H2,1-3H3/t13-,17-,18-,19+,20-,21-/m1/s1. The highest BCUT2D eigenvalue weighted by Crippen LogP contribution is 2.63. The highest BCUT2D eigenvalue weighted by Gasteiger charge is 2.55. The Morgan fingerprint density at radius 2 is 2.04 bits per heavy atom. The van der Waals surface area contributed by atoms with Crippen LogP contribution in [0.2, 0.25) is 0 Å². The minimum Gasteiger partial charge on any atom is -0.497 e. The van der Waals surface area contributed by atoms with Gasteiger partial charge in [0.05, 0.1) is 13.2 Å². The molecule has 0 amide bonds. The van der Waals surface area contributed by atoms with E-state index < -0.39 is 0 Å². The Morgan fingerprint density at radius 1 is 1.22 bits per heavy atom. The van der Waals surface area contributed by atoms with Gasteiger partial charge < -0.3 is 9.84 Å². The molecule has 4 rings (SSSR count). The number of methoxy groups -OCH3 is 1. The first-order valence-electron chi connectivity index (χ1n) is 9.39. The zero-order chi connectivity index (χ0) is 16.2. The molecule has 23 heavy (non-hydrogen) atoms. The molecule has 0 bridgehead atoms. The van der Waals surface area contributed by atoms with Crippen molar-refractivity contribution in [1.29, 1.82) is 0 Å². The third-order valence-corrected chi connectivity index (χ3v) is 7.59. The summed E-state index contributed by atoms with van der Waals surface area (Å²) in [5, 5.41) is 10.3. The van der Waals surface area contributed by atoms with Crippen molar-refractivity contribution in [3.8, 4) is 5.75 Å². The van der Waals surface area contributed by atoms with Crippen LogP contribution in [0.5, 0.6) is 5.75 Å². The van der Waals surface area contributed by atoms with E-state index in [1.807, 2.05) is 6.92 Å². The topological polar surface area (TPSA) is 29.5 Å². The van der Waals surface area contributed by atoms with Gasteiger partial charge in [0, 0.05) is 0 Å². The average Bonchev–Trinajstić information content (AvgIpc) is 2.91. The molecular formula is C21H30O2. The van der Waals surface area contributed by atoms with E-state index in [4.69, 9.17) is 4.74 Å². The molecule has 1 N–H and O–H groups in total. The Bertz CT molecular complexity index is 594. The number of hydrogen-bond acceptors (Lipinski definition) is 2. The second-order valence-electron chi connectivity index (χ2n) is 8.45. The molecule has 2 saturated carbocycles. The van der Waals surface area contributed by atoms with Gasteiger partial charge in [0.25, 0.3) is 0 Å². The van der Waals surface area contributed by atoms with Gasteiger partial charge in [-0.1, -0.05) is 13.0 Å². The third kappa shape index (κ3) is 2.25. The van der Waals surface area contributed by atoms with Gasteiger partial charge in [0.2, 0.25) is 0 Å². The second-order valence-corrected chi connectivity index (χ2v) is 8.45. The molecule has 126 valence electrons. The first kappa shape index (κ1) is 15.5. The Hall–Kier alpha value is -1.02. The van der Waals surface area contributed by atoms with E-state index >= 15 is 0 Å². The van der Waals surface area contributed by atoms with Gasteiger partial charge in [-0.3, -0.25) is 0 Å². The molecule has 0 spiro atoms. The van der Waals surface area contributed by atoms with Gasteiger partial charge in [-0.2, -0.15) is 0 Å². The van der Waals surface area contributed by atoms with E-state index in [2.05, 4.69) is 25.1 Å². The van der Waals surface area contributed by atoms with Crippen LogP contribution in [0.4, 0.5) is 0 Å². The van der Waals surface area contributed by atoms with Crippen LogP contribution in [-0.4, -0.2) is 18.3 Å².